The molecular formula is C14H27NO3. The molecule has 0 aromatic rings. The molecule has 0 saturated carbocycles. The molecular weight excluding hydrogens is 230 g/mol. The van der Waals surface area contributed by atoms with Gasteiger partial charge in [0.15, 0.2) is 6.10 Å². The van der Waals surface area contributed by atoms with E-state index in [1.165, 1.54) is 44.9 Å². The molecule has 18 heavy (non-hydrogen) atoms. The number of carbonyl (C=O) groups is 1. The lowest BCUT2D eigenvalue weighted by molar-refractivity contribution is -0.156. The SMILES string of the molecule is CCCCCCCCCN1CCOC(C(=O)O)C1. The molecule has 0 bridgehead atoms. The Balaban J connectivity index is 2.00. The molecule has 1 aliphatic rings. The third-order valence-electron chi connectivity index (χ3n) is 3.50. The number of carboxylic acids is 1. The molecule has 0 amide bonds. The van der Waals surface area contributed by atoms with Crippen LogP contribution in [0.1, 0.15) is 51.9 Å². The van der Waals surface area contributed by atoms with Crippen LogP contribution in [0.4, 0.5) is 0 Å². The molecule has 1 unspecified atom stereocenters. The van der Waals surface area contributed by atoms with Crippen LogP contribution in [0.25, 0.3) is 0 Å². The van der Waals surface area contributed by atoms with Crippen LogP contribution in [0.15, 0.2) is 0 Å². The van der Waals surface area contributed by atoms with Gasteiger partial charge in [-0.2, -0.15) is 0 Å². The van der Waals surface area contributed by atoms with Crippen molar-refractivity contribution in [2.24, 2.45) is 0 Å². The van der Waals surface area contributed by atoms with E-state index in [-0.39, 0.29) is 0 Å². The number of nitrogens with zero attached hydrogens (tertiary/aromatic N) is 1. The fraction of sp³-hybridized carbons (Fsp3) is 0.929. The Kier molecular flexibility index (Phi) is 8.01. The van der Waals surface area contributed by atoms with E-state index in [9.17, 15) is 4.79 Å². The highest BCUT2D eigenvalue weighted by Gasteiger charge is 2.25. The van der Waals surface area contributed by atoms with Crippen molar-refractivity contribution < 1.29 is 14.6 Å². The van der Waals surface area contributed by atoms with Gasteiger partial charge in [-0.3, -0.25) is 4.90 Å². The van der Waals surface area contributed by atoms with Crippen molar-refractivity contribution in [1.29, 1.82) is 0 Å². The van der Waals surface area contributed by atoms with Crippen molar-refractivity contribution in [2.75, 3.05) is 26.2 Å². The standard InChI is InChI=1S/C14H27NO3/c1-2-3-4-5-6-7-8-9-15-10-11-18-13(12-15)14(16)17/h13H,2-12H2,1H3,(H,16,17). The summed E-state index contributed by atoms with van der Waals surface area (Å²) in [4.78, 5) is 13.0. The van der Waals surface area contributed by atoms with Crippen molar-refractivity contribution >= 4 is 5.97 Å². The minimum Gasteiger partial charge on any atom is -0.479 e. The van der Waals surface area contributed by atoms with Gasteiger partial charge >= 0.3 is 5.97 Å². The maximum atomic E-state index is 10.8. The van der Waals surface area contributed by atoms with Crippen molar-refractivity contribution in [3.63, 3.8) is 0 Å². The fourth-order valence-electron chi connectivity index (χ4n) is 2.35. The van der Waals surface area contributed by atoms with Crippen LogP contribution in [0.2, 0.25) is 0 Å². The van der Waals surface area contributed by atoms with Crippen molar-refractivity contribution in [3.05, 3.63) is 0 Å². The second-order valence-electron chi connectivity index (χ2n) is 5.12. The van der Waals surface area contributed by atoms with Crippen molar-refractivity contribution in [2.45, 2.75) is 58.0 Å². The van der Waals surface area contributed by atoms with Gasteiger partial charge in [-0.25, -0.2) is 4.79 Å². The Morgan fingerprint density at radius 3 is 2.56 bits per heavy atom. The van der Waals surface area contributed by atoms with Gasteiger partial charge in [-0.15, -0.1) is 0 Å². The molecule has 1 atom stereocenters. The van der Waals surface area contributed by atoms with E-state index < -0.39 is 12.1 Å². The number of hydrogen-bond acceptors (Lipinski definition) is 3. The molecule has 4 nitrogen and oxygen atoms in total. The van der Waals surface area contributed by atoms with Gasteiger partial charge in [-0.1, -0.05) is 45.4 Å². The summed E-state index contributed by atoms with van der Waals surface area (Å²) in [6, 6.07) is 0. The number of rotatable bonds is 9. The number of aliphatic carboxylic acids is 1. The second kappa shape index (κ2) is 9.34. The summed E-state index contributed by atoms with van der Waals surface area (Å²) in [5.74, 6) is -0.834. The number of carboxylic acid groups (broad SMARTS) is 1. The first-order valence-corrected chi connectivity index (χ1v) is 7.30. The maximum Gasteiger partial charge on any atom is 0.334 e. The Hall–Kier alpha value is -0.610. The molecule has 1 N–H and O–H groups in total. The first-order chi connectivity index (χ1) is 8.74. The average molecular weight is 257 g/mol. The third-order valence-corrected chi connectivity index (χ3v) is 3.50. The van der Waals surface area contributed by atoms with E-state index in [1.807, 2.05) is 0 Å². The summed E-state index contributed by atoms with van der Waals surface area (Å²) in [5, 5.41) is 8.90. The fourth-order valence-corrected chi connectivity index (χ4v) is 2.35. The predicted octanol–water partition coefficient (Wildman–Crippen LogP) is 2.52. The molecule has 1 rings (SSSR count). The van der Waals surface area contributed by atoms with Gasteiger partial charge in [0.05, 0.1) is 6.61 Å². The van der Waals surface area contributed by atoms with Crippen LogP contribution in [0.3, 0.4) is 0 Å². The molecule has 1 saturated heterocycles. The summed E-state index contributed by atoms with van der Waals surface area (Å²) >= 11 is 0. The largest absolute Gasteiger partial charge is 0.479 e. The van der Waals surface area contributed by atoms with E-state index in [4.69, 9.17) is 9.84 Å². The second-order valence-corrected chi connectivity index (χ2v) is 5.12. The summed E-state index contributed by atoms with van der Waals surface area (Å²) in [5.41, 5.74) is 0. The van der Waals surface area contributed by atoms with E-state index in [0.29, 0.717) is 13.2 Å². The number of ether oxygens (including phenoxy) is 1. The Labute approximate surface area is 110 Å². The topological polar surface area (TPSA) is 49.8 Å². The highest BCUT2D eigenvalue weighted by atomic mass is 16.5. The molecule has 0 spiro atoms. The normalized spacial score (nSPS) is 21.1. The van der Waals surface area contributed by atoms with Gasteiger partial charge in [0, 0.05) is 13.1 Å². The van der Waals surface area contributed by atoms with E-state index >= 15 is 0 Å². The summed E-state index contributed by atoms with van der Waals surface area (Å²) in [6.45, 7) is 5.22. The lowest BCUT2D eigenvalue weighted by Crippen LogP contribution is -2.46. The van der Waals surface area contributed by atoms with E-state index in [0.717, 1.165) is 13.1 Å². The quantitative estimate of drug-likeness (QED) is 0.645. The Morgan fingerprint density at radius 1 is 1.22 bits per heavy atom. The molecule has 106 valence electrons. The number of hydrogen-bond donors (Lipinski definition) is 1. The molecule has 0 radical (unpaired) electrons. The zero-order chi connectivity index (χ0) is 13.2. The third kappa shape index (κ3) is 6.36. The first-order valence-electron chi connectivity index (χ1n) is 7.30. The Bertz CT molecular complexity index is 233. The molecule has 0 aromatic carbocycles. The van der Waals surface area contributed by atoms with Crippen LogP contribution < -0.4 is 0 Å². The van der Waals surface area contributed by atoms with Crippen LogP contribution >= 0.6 is 0 Å². The smallest absolute Gasteiger partial charge is 0.334 e. The van der Waals surface area contributed by atoms with Crippen molar-refractivity contribution in [1.82, 2.24) is 4.90 Å². The molecule has 1 aliphatic heterocycles. The van der Waals surface area contributed by atoms with Crippen LogP contribution in [-0.4, -0.2) is 48.3 Å². The summed E-state index contributed by atoms with van der Waals surface area (Å²) < 4.78 is 5.20. The number of morpholine rings is 1. The molecule has 1 heterocycles. The Morgan fingerprint density at radius 2 is 1.89 bits per heavy atom. The lowest BCUT2D eigenvalue weighted by atomic mass is 10.1. The monoisotopic (exact) mass is 257 g/mol. The van der Waals surface area contributed by atoms with Gasteiger partial charge in [-0.05, 0) is 13.0 Å². The van der Waals surface area contributed by atoms with E-state index in [1.54, 1.807) is 0 Å². The zero-order valence-electron chi connectivity index (χ0n) is 11.6. The lowest BCUT2D eigenvalue weighted by Gasteiger charge is -2.30. The van der Waals surface area contributed by atoms with Gasteiger partial charge in [0.2, 0.25) is 0 Å². The van der Waals surface area contributed by atoms with Crippen LogP contribution in [0.5, 0.6) is 0 Å². The first kappa shape index (κ1) is 15.4. The van der Waals surface area contributed by atoms with Crippen LogP contribution in [0, 0.1) is 0 Å². The van der Waals surface area contributed by atoms with Crippen LogP contribution in [-0.2, 0) is 9.53 Å². The van der Waals surface area contributed by atoms with Gasteiger partial charge in [0.25, 0.3) is 0 Å². The zero-order valence-corrected chi connectivity index (χ0v) is 11.6. The number of unbranched alkanes of at least 4 members (excludes halogenated alkanes) is 6. The van der Waals surface area contributed by atoms with Gasteiger partial charge in [0.1, 0.15) is 0 Å². The summed E-state index contributed by atoms with van der Waals surface area (Å²) in [6.07, 6.45) is 8.48. The molecule has 0 aromatic heterocycles. The molecule has 0 aliphatic carbocycles. The van der Waals surface area contributed by atoms with Gasteiger partial charge < -0.3 is 9.84 Å². The van der Waals surface area contributed by atoms with E-state index in [2.05, 4.69) is 11.8 Å². The maximum absolute atomic E-state index is 10.8. The minimum absolute atomic E-state index is 0.547. The summed E-state index contributed by atoms with van der Waals surface area (Å²) in [7, 11) is 0. The predicted molar refractivity (Wildman–Crippen MR) is 71.8 cm³/mol. The van der Waals surface area contributed by atoms with Crippen molar-refractivity contribution in [3.8, 4) is 0 Å². The molecule has 4 heteroatoms. The average Bonchev–Trinajstić information content (AvgIpc) is 2.38. The highest BCUT2D eigenvalue weighted by Crippen LogP contribution is 2.10. The minimum atomic E-state index is -0.834. The highest BCUT2D eigenvalue weighted by molar-refractivity contribution is 5.72. The molecule has 1 fully saturated rings.